The van der Waals surface area contributed by atoms with Gasteiger partial charge in [0.05, 0.1) is 13.2 Å². The standard InChI is InChI=1S/C45H45NO3S/c1-44(2)40-7-5-4-6-37(40)41-36-17-16-35(50-3)29-39(36)43-38(42(41)44)18-21-45(49-43,33-12-14-34(15-13-33)46-22-26-48-27-23-46)32-10-8-30(9-11-32)28-31-19-24-47-25-20-31/h4-18,21,29,31H,19-20,22-28H2,1-3H3. The molecule has 1 atom stereocenters. The van der Waals surface area contributed by atoms with E-state index in [4.69, 9.17) is 14.2 Å². The average Bonchev–Trinajstić information content (AvgIpc) is 3.42. The lowest BCUT2D eigenvalue weighted by atomic mass is 9.76. The number of rotatable bonds is 6. The van der Waals surface area contributed by atoms with E-state index in [2.05, 4.69) is 128 Å². The Labute approximate surface area is 300 Å². The van der Waals surface area contributed by atoms with Gasteiger partial charge in [0.2, 0.25) is 0 Å². The molecule has 0 amide bonds. The third-order valence-electron chi connectivity index (χ3n) is 11.7. The lowest BCUT2D eigenvalue weighted by Crippen LogP contribution is -2.37. The number of ether oxygens (including phenoxy) is 3. The van der Waals surface area contributed by atoms with Gasteiger partial charge in [0.15, 0.2) is 5.60 Å². The van der Waals surface area contributed by atoms with Crippen LogP contribution in [0.4, 0.5) is 5.69 Å². The highest BCUT2D eigenvalue weighted by Crippen LogP contribution is 2.58. The summed E-state index contributed by atoms with van der Waals surface area (Å²) >= 11 is 1.78. The van der Waals surface area contributed by atoms with Gasteiger partial charge in [-0.1, -0.05) is 86.7 Å². The molecule has 0 spiro atoms. The van der Waals surface area contributed by atoms with Crippen LogP contribution in [0.1, 0.15) is 60.1 Å². The highest BCUT2D eigenvalue weighted by Gasteiger charge is 2.44. The summed E-state index contributed by atoms with van der Waals surface area (Å²) in [6.45, 7) is 9.86. The van der Waals surface area contributed by atoms with Gasteiger partial charge in [-0.05, 0) is 95.0 Å². The highest BCUT2D eigenvalue weighted by molar-refractivity contribution is 7.98. The maximum absolute atomic E-state index is 7.65. The van der Waals surface area contributed by atoms with Crippen LogP contribution in [0, 0.1) is 5.92 Å². The second-order valence-corrected chi connectivity index (χ2v) is 15.7. The van der Waals surface area contributed by atoms with Crippen LogP contribution < -0.4 is 9.64 Å². The summed E-state index contributed by atoms with van der Waals surface area (Å²) in [5, 5.41) is 2.43. The summed E-state index contributed by atoms with van der Waals surface area (Å²) in [4.78, 5) is 3.65. The molecule has 5 heteroatoms. The van der Waals surface area contributed by atoms with Crippen molar-refractivity contribution in [3.05, 3.63) is 130 Å². The SMILES string of the molecule is CSc1ccc2c3c(c4c(c2c1)OC(c1ccc(CC2CCOCC2)cc1)(c1ccc(N2CCOCC2)cc1)C=C4)C(C)(C)c1ccccc1-3. The summed E-state index contributed by atoms with van der Waals surface area (Å²) in [6, 6.07) is 34.2. The first-order valence-electron chi connectivity index (χ1n) is 18.2. The van der Waals surface area contributed by atoms with E-state index in [-0.39, 0.29) is 5.41 Å². The second kappa shape index (κ2) is 12.6. The molecule has 0 saturated carbocycles. The Morgan fingerprint density at radius 3 is 2.22 bits per heavy atom. The van der Waals surface area contributed by atoms with Gasteiger partial charge in [-0.2, -0.15) is 0 Å². The van der Waals surface area contributed by atoms with Crippen LogP contribution in [-0.4, -0.2) is 45.8 Å². The summed E-state index contributed by atoms with van der Waals surface area (Å²) in [6.07, 6.45) is 10.2. The number of benzene rings is 5. The molecule has 9 rings (SSSR count). The number of anilines is 1. The molecule has 1 unspecified atom stereocenters. The van der Waals surface area contributed by atoms with Gasteiger partial charge >= 0.3 is 0 Å². The van der Waals surface area contributed by atoms with Gasteiger partial charge in [0, 0.05) is 64.4 Å². The van der Waals surface area contributed by atoms with E-state index in [0.717, 1.165) is 75.7 Å². The van der Waals surface area contributed by atoms with Crippen molar-refractivity contribution >= 4 is 34.3 Å². The zero-order chi connectivity index (χ0) is 33.9. The highest BCUT2D eigenvalue weighted by atomic mass is 32.2. The van der Waals surface area contributed by atoms with Crippen molar-refractivity contribution in [2.24, 2.45) is 5.92 Å². The first-order chi connectivity index (χ1) is 24.5. The number of hydrogen-bond donors (Lipinski definition) is 0. The molecule has 5 aromatic carbocycles. The van der Waals surface area contributed by atoms with Crippen LogP contribution in [-0.2, 0) is 26.9 Å². The average molecular weight is 680 g/mol. The Morgan fingerprint density at radius 2 is 1.48 bits per heavy atom. The van der Waals surface area contributed by atoms with Crippen LogP contribution in [0.5, 0.6) is 5.75 Å². The molecule has 0 N–H and O–H groups in total. The molecule has 1 aliphatic carbocycles. The predicted molar refractivity (Wildman–Crippen MR) is 207 cm³/mol. The van der Waals surface area contributed by atoms with E-state index in [0.29, 0.717) is 5.92 Å². The monoisotopic (exact) mass is 679 g/mol. The second-order valence-electron chi connectivity index (χ2n) is 14.8. The predicted octanol–water partition coefficient (Wildman–Crippen LogP) is 10.0. The third kappa shape index (κ3) is 5.20. The molecule has 2 fully saturated rings. The molecule has 4 nitrogen and oxygen atoms in total. The van der Waals surface area contributed by atoms with Crippen molar-refractivity contribution in [1.82, 2.24) is 0 Å². The fourth-order valence-corrected chi connectivity index (χ4v) is 9.39. The summed E-state index contributed by atoms with van der Waals surface area (Å²) in [5.74, 6) is 1.65. The van der Waals surface area contributed by atoms with Gasteiger partial charge in [-0.3, -0.25) is 0 Å². The molecule has 0 bridgehead atoms. The number of thioether (sulfide) groups is 1. The van der Waals surface area contributed by atoms with Crippen molar-refractivity contribution in [2.45, 2.75) is 49.0 Å². The molecule has 0 aromatic heterocycles. The molecule has 3 heterocycles. The summed E-state index contributed by atoms with van der Waals surface area (Å²) < 4.78 is 18.9. The lowest BCUT2D eigenvalue weighted by molar-refractivity contribution is 0.0665. The van der Waals surface area contributed by atoms with Crippen LogP contribution in [0.2, 0.25) is 0 Å². The fourth-order valence-electron chi connectivity index (χ4n) is 8.95. The van der Waals surface area contributed by atoms with E-state index >= 15 is 0 Å². The van der Waals surface area contributed by atoms with Crippen LogP contribution in [0.15, 0.2) is 102 Å². The van der Waals surface area contributed by atoms with E-state index in [1.54, 1.807) is 11.8 Å². The quantitative estimate of drug-likeness (QED) is 0.167. The third-order valence-corrected chi connectivity index (χ3v) is 12.4. The molecule has 0 radical (unpaired) electrons. The first kappa shape index (κ1) is 31.9. The largest absolute Gasteiger partial charge is 0.472 e. The van der Waals surface area contributed by atoms with E-state index in [9.17, 15) is 0 Å². The van der Waals surface area contributed by atoms with E-state index in [1.807, 2.05) is 0 Å². The van der Waals surface area contributed by atoms with Crippen LogP contribution in [0.25, 0.3) is 28.0 Å². The van der Waals surface area contributed by atoms with Crippen molar-refractivity contribution in [2.75, 3.05) is 50.7 Å². The van der Waals surface area contributed by atoms with Crippen molar-refractivity contribution in [1.29, 1.82) is 0 Å². The molecule has 254 valence electrons. The number of hydrogen-bond acceptors (Lipinski definition) is 5. The topological polar surface area (TPSA) is 30.9 Å². The van der Waals surface area contributed by atoms with Gasteiger partial charge in [-0.25, -0.2) is 0 Å². The zero-order valence-corrected chi connectivity index (χ0v) is 30.2. The van der Waals surface area contributed by atoms with Gasteiger partial charge < -0.3 is 19.1 Å². The van der Waals surface area contributed by atoms with Gasteiger partial charge in [-0.15, -0.1) is 11.8 Å². The zero-order valence-electron chi connectivity index (χ0n) is 29.3. The maximum atomic E-state index is 7.65. The molecular formula is C45H45NO3S. The minimum atomic E-state index is -0.792. The van der Waals surface area contributed by atoms with Crippen molar-refractivity contribution in [3.8, 4) is 16.9 Å². The van der Waals surface area contributed by atoms with Crippen molar-refractivity contribution < 1.29 is 14.2 Å². The normalized spacial score (nSPS) is 21.1. The molecule has 3 aliphatic heterocycles. The van der Waals surface area contributed by atoms with E-state index in [1.165, 1.54) is 54.7 Å². The van der Waals surface area contributed by atoms with Crippen LogP contribution in [0.3, 0.4) is 0 Å². The Kier molecular flexibility index (Phi) is 8.06. The maximum Gasteiger partial charge on any atom is 0.178 e. The Morgan fingerprint density at radius 1 is 0.780 bits per heavy atom. The minimum absolute atomic E-state index is 0.165. The van der Waals surface area contributed by atoms with Gasteiger partial charge in [0.1, 0.15) is 5.75 Å². The molecule has 2 saturated heterocycles. The first-order valence-corrected chi connectivity index (χ1v) is 19.5. The summed E-state index contributed by atoms with van der Waals surface area (Å²) in [7, 11) is 0. The Balaban J connectivity index is 1.21. The summed E-state index contributed by atoms with van der Waals surface area (Å²) in [5.41, 5.74) is 10.5. The smallest absolute Gasteiger partial charge is 0.178 e. The molecule has 50 heavy (non-hydrogen) atoms. The number of nitrogens with zero attached hydrogens (tertiary/aromatic N) is 1. The molecular weight excluding hydrogens is 635 g/mol. The van der Waals surface area contributed by atoms with Crippen molar-refractivity contribution in [3.63, 3.8) is 0 Å². The lowest BCUT2D eigenvalue weighted by Gasteiger charge is -2.39. The Hall–Kier alpha value is -4.03. The minimum Gasteiger partial charge on any atom is -0.472 e. The number of morpholine rings is 1. The Bertz CT molecular complexity index is 2090. The fraction of sp³-hybridized carbons (Fsp3) is 0.333. The van der Waals surface area contributed by atoms with E-state index < -0.39 is 5.60 Å². The molecule has 5 aromatic rings. The molecule has 4 aliphatic rings. The number of fused-ring (bicyclic) bond motifs is 8. The van der Waals surface area contributed by atoms with Gasteiger partial charge in [0.25, 0.3) is 0 Å². The van der Waals surface area contributed by atoms with Crippen LogP contribution >= 0.6 is 11.8 Å².